The van der Waals surface area contributed by atoms with Gasteiger partial charge in [-0.2, -0.15) is 0 Å². The molecule has 0 aliphatic carbocycles. The first kappa shape index (κ1) is 19.5. The number of hydrogen-bond acceptors (Lipinski definition) is 8. The van der Waals surface area contributed by atoms with Crippen molar-refractivity contribution in [2.75, 3.05) is 18.2 Å². The lowest BCUT2D eigenvalue weighted by Gasteiger charge is -2.10. The van der Waals surface area contributed by atoms with Crippen LogP contribution >= 0.6 is 11.8 Å². The summed E-state index contributed by atoms with van der Waals surface area (Å²) in [5, 5.41) is 3.38. The monoisotopic (exact) mass is 399 g/mol. The number of amides is 1. The Morgan fingerprint density at radius 3 is 2.79 bits per heavy atom. The lowest BCUT2D eigenvalue weighted by molar-refractivity contribution is -0.116. The van der Waals surface area contributed by atoms with E-state index in [4.69, 9.17) is 4.74 Å². The van der Waals surface area contributed by atoms with Crippen LogP contribution in [0.4, 0.5) is 5.69 Å². The summed E-state index contributed by atoms with van der Waals surface area (Å²) in [4.78, 5) is 49.3. The lowest BCUT2D eigenvalue weighted by Crippen LogP contribution is -2.28. The number of hydrogen-bond donors (Lipinski definition) is 1. The molecule has 28 heavy (non-hydrogen) atoms. The highest BCUT2D eigenvalue weighted by Crippen LogP contribution is 2.16. The number of nitrogens with zero attached hydrogens (tertiary/aromatic N) is 4. The highest BCUT2D eigenvalue weighted by atomic mass is 32.2. The molecule has 144 valence electrons. The zero-order valence-electron chi connectivity index (χ0n) is 15.2. The van der Waals surface area contributed by atoms with Gasteiger partial charge in [-0.25, -0.2) is 19.7 Å². The molecule has 0 saturated heterocycles. The Morgan fingerprint density at radius 1 is 1.25 bits per heavy atom. The highest BCUT2D eigenvalue weighted by molar-refractivity contribution is 7.99. The molecule has 10 heteroatoms. The molecule has 1 aromatic carbocycles. The van der Waals surface area contributed by atoms with Gasteiger partial charge in [0.1, 0.15) is 18.3 Å². The second-order valence-electron chi connectivity index (χ2n) is 5.59. The zero-order chi connectivity index (χ0) is 20.1. The molecule has 0 spiro atoms. The van der Waals surface area contributed by atoms with Crippen LogP contribution in [0.5, 0.6) is 0 Å². The summed E-state index contributed by atoms with van der Waals surface area (Å²) in [5.74, 6) is -0.257. The maximum absolute atomic E-state index is 12.6. The van der Waals surface area contributed by atoms with Crippen molar-refractivity contribution >= 4 is 40.4 Å². The molecular formula is C18H17N5O4S. The van der Waals surface area contributed by atoms with Crippen LogP contribution in [0, 0.1) is 0 Å². The van der Waals surface area contributed by atoms with Crippen LogP contribution in [0.15, 0.2) is 46.7 Å². The predicted molar refractivity (Wildman–Crippen MR) is 104 cm³/mol. The Kier molecular flexibility index (Phi) is 5.99. The van der Waals surface area contributed by atoms with Crippen LogP contribution in [0.2, 0.25) is 0 Å². The average Bonchev–Trinajstić information content (AvgIpc) is 2.70. The third-order valence-electron chi connectivity index (χ3n) is 3.75. The number of carbonyl (C=O) groups is 2. The van der Waals surface area contributed by atoms with E-state index < -0.39 is 17.4 Å². The van der Waals surface area contributed by atoms with Crippen molar-refractivity contribution in [1.82, 2.24) is 19.5 Å². The standard InChI is InChI=1S/C18H17N5O4S/c1-3-28-18-19-8-12-15(22-18)20-10-23(16(12)25)9-14(24)21-13-7-5-4-6-11(13)17(26)27-2/h4-8,10H,3,9H2,1-2H3,(H,21,24). The van der Waals surface area contributed by atoms with Crippen LogP contribution in [-0.4, -0.2) is 44.3 Å². The lowest BCUT2D eigenvalue weighted by atomic mass is 10.2. The van der Waals surface area contributed by atoms with E-state index in [1.54, 1.807) is 18.2 Å². The molecule has 2 aromatic heterocycles. The van der Waals surface area contributed by atoms with Crippen molar-refractivity contribution < 1.29 is 14.3 Å². The highest BCUT2D eigenvalue weighted by Gasteiger charge is 2.15. The fourth-order valence-corrected chi connectivity index (χ4v) is 3.01. The Labute approximate surface area is 164 Å². The van der Waals surface area contributed by atoms with E-state index in [1.165, 1.54) is 37.5 Å². The third-order valence-corrected chi connectivity index (χ3v) is 4.49. The van der Waals surface area contributed by atoms with Gasteiger partial charge in [-0.15, -0.1) is 0 Å². The minimum Gasteiger partial charge on any atom is -0.465 e. The summed E-state index contributed by atoms with van der Waals surface area (Å²) < 4.78 is 5.86. The Balaban J connectivity index is 1.82. The van der Waals surface area contributed by atoms with Crippen molar-refractivity contribution in [3.8, 4) is 0 Å². The first-order chi connectivity index (χ1) is 13.5. The molecule has 0 aliphatic rings. The van der Waals surface area contributed by atoms with E-state index in [1.807, 2.05) is 6.92 Å². The Bertz CT molecular complexity index is 1100. The van der Waals surface area contributed by atoms with Gasteiger partial charge >= 0.3 is 5.97 Å². The molecule has 0 atom stereocenters. The number of nitrogens with one attached hydrogen (secondary N) is 1. The van der Waals surface area contributed by atoms with Gasteiger partial charge in [0.05, 0.1) is 18.4 Å². The van der Waals surface area contributed by atoms with Crippen molar-refractivity contribution in [2.45, 2.75) is 18.6 Å². The SMILES string of the molecule is CCSc1ncc2c(=O)n(CC(=O)Nc3ccccc3C(=O)OC)cnc2n1. The fraction of sp³-hybridized carbons (Fsp3) is 0.222. The van der Waals surface area contributed by atoms with Crippen LogP contribution in [-0.2, 0) is 16.1 Å². The molecule has 1 N–H and O–H groups in total. The second kappa shape index (κ2) is 8.61. The first-order valence-corrected chi connectivity index (χ1v) is 9.34. The summed E-state index contributed by atoms with van der Waals surface area (Å²) in [5.41, 5.74) is 0.375. The van der Waals surface area contributed by atoms with Crippen LogP contribution in [0.25, 0.3) is 11.0 Å². The third kappa shape index (κ3) is 4.17. The topological polar surface area (TPSA) is 116 Å². The normalized spacial score (nSPS) is 10.6. The Morgan fingerprint density at radius 2 is 2.04 bits per heavy atom. The van der Waals surface area contributed by atoms with Crippen molar-refractivity contribution in [3.05, 3.63) is 52.7 Å². The maximum atomic E-state index is 12.6. The number of thioether (sulfide) groups is 1. The van der Waals surface area contributed by atoms with Crippen LogP contribution in [0.1, 0.15) is 17.3 Å². The van der Waals surface area contributed by atoms with Crippen molar-refractivity contribution in [2.24, 2.45) is 0 Å². The number of carbonyl (C=O) groups excluding carboxylic acids is 2. The molecule has 2 heterocycles. The number of fused-ring (bicyclic) bond motifs is 1. The van der Waals surface area contributed by atoms with Gasteiger partial charge in [-0.1, -0.05) is 30.8 Å². The second-order valence-corrected chi connectivity index (χ2v) is 6.82. The van der Waals surface area contributed by atoms with E-state index >= 15 is 0 Å². The molecule has 3 aromatic rings. The molecule has 0 unspecified atom stereocenters. The molecule has 0 fully saturated rings. The number of anilines is 1. The summed E-state index contributed by atoms with van der Waals surface area (Å²) in [6.45, 7) is 1.70. The van der Waals surface area contributed by atoms with Gasteiger partial charge in [-0.05, 0) is 17.9 Å². The van der Waals surface area contributed by atoms with Gasteiger partial charge in [0.2, 0.25) is 5.91 Å². The molecule has 3 rings (SSSR count). The van der Waals surface area contributed by atoms with Crippen molar-refractivity contribution in [3.63, 3.8) is 0 Å². The summed E-state index contributed by atoms with van der Waals surface area (Å²) in [6.07, 6.45) is 2.68. The molecule has 9 nitrogen and oxygen atoms in total. The minimum absolute atomic E-state index is 0.219. The fourth-order valence-electron chi connectivity index (χ4n) is 2.47. The van der Waals surface area contributed by atoms with E-state index in [-0.39, 0.29) is 23.1 Å². The Hall–Kier alpha value is -3.27. The van der Waals surface area contributed by atoms with Crippen LogP contribution < -0.4 is 10.9 Å². The molecular weight excluding hydrogens is 382 g/mol. The smallest absolute Gasteiger partial charge is 0.339 e. The van der Waals surface area contributed by atoms with E-state index in [2.05, 4.69) is 20.3 Å². The summed E-state index contributed by atoms with van der Waals surface area (Å²) in [6, 6.07) is 6.44. The number of methoxy groups -OCH3 is 1. The van der Waals surface area contributed by atoms with Crippen LogP contribution in [0.3, 0.4) is 0 Å². The van der Waals surface area contributed by atoms with Gasteiger partial charge in [-0.3, -0.25) is 14.2 Å². The van der Waals surface area contributed by atoms with E-state index in [9.17, 15) is 14.4 Å². The molecule has 0 radical (unpaired) electrons. The number of aromatic nitrogens is 4. The van der Waals surface area contributed by atoms with Crippen molar-refractivity contribution in [1.29, 1.82) is 0 Å². The number of benzene rings is 1. The number of rotatable bonds is 6. The average molecular weight is 399 g/mol. The van der Waals surface area contributed by atoms with Gasteiger partial charge in [0.15, 0.2) is 10.8 Å². The minimum atomic E-state index is -0.571. The molecule has 1 amide bonds. The van der Waals surface area contributed by atoms with E-state index in [0.29, 0.717) is 10.8 Å². The zero-order valence-corrected chi connectivity index (χ0v) is 16.0. The number of esters is 1. The predicted octanol–water partition coefficient (Wildman–Crippen LogP) is 1.72. The molecule has 0 bridgehead atoms. The summed E-state index contributed by atoms with van der Waals surface area (Å²) in [7, 11) is 1.26. The van der Waals surface area contributed by atoms with E-state index in [0.717, 1.165) is 10.3 Å². The molecule has 0 saturated carbocycles. The first-order valence-electron chi connectivity index (χ1n) is 8.35. The quantitative estimate of drug-likeness (QED) is 0.378. The van der Waals surface area contributed by atoms with Gasteiger partial charge in [0.25, 0.3) is 5.56 Å². The molecule has 0 aliphatic heterocycles. The number of ether oxygens (including phenoxy) is 1. The van der Waals surface area contributed by atoms with Gasteiger partial charge < -0.3 is 10.1 Å². The summed E-state index contributed by atoms with van der Waals surface area (Å²) >= 11 is 1.44. The van der Waals surface area contributed by atoms with Gasteiger partial charge in [0, 0.05) is 6.20 Å². The maximum Gasteiger partial charge on any atom is 0.339 e. The largest absolute Gasteiger partial charge is 0.465 e. The number of para-hydroxylation sites is 1.